The van der Waals surface area contributed by atoms with E-state index in [4.69, 9.17) is 4.42 Å². The van der Waals surface area contributed by atoms with E-state index in [1.807, 2.05) is 11.0 Å². The molecule has 0 amide bonds. The quantitative estimate of drug-likeness (QED) is 0.730. The summed E-state index contributed by atoms with van der Waals surface area (Å²) in [6, 6.07) is 5.52. The van der Waals surface area contributed by atoms with Gasteiger partial charge in [-0.15, -0.1) is 0 Å². The molecule has 0 unspecified atom stereocenters. The molecule has 1 fully saturated rings. The standard InChI is InChI=1S/C18H16F2N4O/c19-14-1-2-17(15(20)9-14)23-4-6-24(7-5-23)18-11-21-10-16(22-18)13-3-8-25-12-13/h1-3,8-12H,4-7H2. The number of piperazine rings is 1. The number of aromatic nitrogens is 2. The Labute approximate surface area is 143 Å². The summed E-state index contributed by atoms with van der Waals surface area (Å²) >= 11 is 0. The molecule has 1 aliphatic rings. The third kappa shape index (κ3) is 3.17. The van der Waals surface area contributed by atoms with Crippen molar-refractivity contribution in [2.45, 2.75) is 0 Å². The van der Waals surface area contributed by atoms with Gasteiger partial charge in [0.25, 0.3) is 0 Å². The molecule has 4 rings (SSSR count). The zero-order valence-corrected chi connectivity index (χ0v) is 13.4. The van der Waals surface area contributed by atoms with Gasteiger partial charge in [-0.1, -0.05) is 0 Å². The monoisotopic (exact) mass is 342 g/mol. The highest BCUT2D eigenvalue weighted by atomic mass is 19.1. The number of furan rings is 1. The summed E-state index contributed by atoms with van der Waals surface area (Å²) in [6.45, 7) is 2.61. The van der Waals surface area contributed by atoms with Crippen LogP contribution in [0.4, 0.5) is 20.3 Å². The molecule has 0 radical (unpaired) electrons. The second-order valence-electron chi connectivity index (χ2n) is 5.84. The van der Waals surface area contributed by atoms with Crippen LogP contribution in [0.15, 0.2) is 53.6 Å². The number of anilines is 2. The molecule has 3 aromatic rings. The second kappa shape index (κ2) is 6.51. The van der Waals surface area contributed by atoms with Crippen molar-refractivity contribution in [1.82, 2.24) is 9.97 Å². The maximum Gasteiger partial charge on any atom is 0.149 e. The molecule has 7 heteroatoms. The summed E-state index contributed by atoms with van der Waals surface area (Å²) < 4.78 is 32.1. The molecule has 25 heavy (non-hydrogen) atoms. The molecule has 0 spiro atoms. The van der Waals surface area contributed by atoms with Crippen LogP contribution in [0.25, 0.3) is 11.3 Å². The Bertz CT molecular complexity index is 861. The van der Waals surface area contributed by atoms with E-state index in [1.54, 1.807) is 24.9 Å². The minimum atomic E-state index is -0.564. The first kappa shape index (κ1) is 15.6. The lowest BCUT2D eigenvalue weighted by atomic mass is 10.2. The molecule has 3 heterocycles. The Morgan fingerprint density at radius 3 is 2.48 bits per heavy atom. The number of rotatable bonds is 3. The van der Waals surface area contributed by atoms with Crippen LogP contribution in [0, 0.1) is 11.6 Å². The highest BCUT2D eigenvalue weighted by Crippen LogP contribution is 2.24. The van der Waals surface area contributed by atoms with Gasteiger partial charge in [0.2, 0.25) is 0 Å². The molecular formula is C18H16F2N4O. The number of benzene rings is 1. The maximum absolute atomic E-state index is 13.9. The molecule has 1 aliphatic heterocycles. The van der Waals surface area contributed by atoms with E-state index < -0.39 is 11.6 Å². The van der Waals surface area contributed by atoms with Crippen molar-refractivity contribution in [1.29, 1.82) is 0 Å². The summed E-state index contributed by atoms with van der Waals surface area (Å²) in [4.78, 5) is 12.9. The molecule has 1 aromatic carbocycles. The van der Waals surface area contributed by atoms with Crippen molar-refractivity contribution >= 4 is 11.5 Å². The van der Waals surface area contributed by atoms with E-state index in [9.17, 15) is 8.78 Å². The molecule has 0 saturated carbocycles. The summed E-state index contributed by atoms with van der Waals surface area (Å²) in [5, 5.41) is 0. The SMILES string of the molecule is Fc1ccc(N2CCN(c3cncc(-c4ccoc4)n3)CC2)c(F)c1. The van der Waals surface area contributed by atoms with Crippen LogP contribution in [0.1, 0.15) is 0 Å². The lowest BCUT2D eigenvalue weighted by Gasteiger charge is -2.36. The van der Waals surface area contributed by atoms with Crippen LogP contribution in [-0.4, -0.2) is 36.1 Å². The summed E-state index contributed by atoms with van der Waals surface area (Å²) in [5.41, 5.74) is 2.05. The van der Waals surface area contributed by atoms with Gasteiger partial charge in [0.15, 0.2) is 0 Å². The lowest BCUT2D eigenvalue weighted by Crippen LogP contribution is -2.47. The van der Waals surface area contributed by atoms with Crippen molar-refractivity contribution in [3.63, 3.8) is 0 Å². The first-order valence-corrected chi connectivity index (χ1v) is 8.00. The maximum atomic E-state index is 13.9. The fraction of sp³-hybridized carbons (Fsp3) is 0.222. The fourth-order valence-corrected chi connectivity index (χ4v) is 2.97. The van der Waals surface area contributed by atoms with Crippen LogP contribution in [-0.2, 0) is 0 Å². The van der Waals surface area contributed by atoms with E-state index in [1.165, 1.54) is 12.1 Å². The zero-order valence-electron chi connectivity index (χ0n) is 13.4. The van der Waals surface area contributed by atoms with Gasteiger partial charge in [-0.25, -0.2) is 13.8 Å². The second-order valence-corrected chi connectivity index (χ2v) is 5.84. The minimum Gasteiger partial charge on any atom is -0.472 e. The molecule has 2 aromatic heterocycles. The van der Waals surface area contributed by atoms with Crippen molar-refractivity contribution in [2.75, 3.05) is 36.0 Å². The van der Waals surface area contributed by atoms with Crippen molar-refractivity contribution in [2.24, 2.45) is 0 Å². The Balaban J connectivity index is 1.48. The summed E-state index contributed by atoms with van der Waals surface area (Å²) in [5.74, 6) is -0.320. The Hall–Kier alpha value is -2.96. The van der Waals surface area contributed by atoms with Gasteiger partial charge in [-0.05, 0) is 18.2 Å². The van der Waals surface area contributed by atoms with Gasteiger partial charge in [0.05, 0.1) is 36.3 Å². The van der Waals surface area contributed by atoms with Crippen molar-refractivity contribution in [3.8, 4) is 11.3 Å². The van der Waals surface area contributed by atoms with Gasteiger partial charge >= 0.3 is 0 Å². The first-order chi connectivity index (χ1) is 12.2. The summed E-state index contributed by atoms with van der Waals surface area (Å²) in [7, 11) is 0. The Morgan fingerprint density at radius 2 is 1.76 bits per heavy atom. The van der Waals surface area contributed by atoms with Crippen LogP contribution in [0.5, 0.6) is 0 Å². The predicted octanol–water partition coefficient (Wildman–Crippen LogP) is 3.34. The van der Waals surface area contributed by atoms with Gasteiger partial charge < -0.3 is 14.2 Å². The molecule has 0 aliphatic carbocycles. The normalized spacial score (nSPS) is 14.8. The van der Waals surface area contributed by atoms with Crippen LogP contribution >= 0.6 is 0 Å². The largest absolute Gasteiger partial charge is 0.472 e. The summed E-state index contributed by atoms with van der Waals surface area (Å²) in [6.07, 6.45) is 6.64. The number of nitrogens with zero attached hydrogens (tertiary/aromatic N) is 4. The predicted molar refractivity (Wildman–Crippen MR) is 90.5 cm³/mol. The molecule has 0 atom stereocenters. The number of hydrogen-bond acceptors (Lipinski definition) is 5. The molecule has 0 bridgehead atoms. The first-order valence-electron chi connectivity index (χ1n) is 8.00. The average Bonchev–Trinajstić information content (AvgIpc) is 3.17. The zero-order chi connectivity index (χ0) is 17.2. The van der Waals surface area contributed by atoms with Crippen LogP contribution < -0.4 is 9.80 Å². The van der Waals surface area contributed by atoms with Gasteiger partial charge in [-0.3, -0.25) is 4.98 Å². The van der Waals surface area contributed by atoms with E-state index in [2.05, 4.69) is 14.9 Å². The minimum absolute atomic E-state index is 0.430. The third-order valence-corrected chi connectivity index (χ3v) is 4.29. The topological polar surface area (TPSA) is 45.4 Å². The average molecular weight is 342 g/mol. The van der Waals surface area contributed by atoms with E-state index >= 15 is 0 Å². The number of halogens is 2. The molecule has 5 nitrogen and oxygen atoms in total. The van der Waals surface area contributed by atoms with E-state index in [0.717, 1.165) is 23.1 Å². The third-order valence-electron chi connectivity index (χ3n) is 4.29. The smallest absolute Gasteiger partial charge is 0.149 e. The van der Waals surface area contributed by atoms with Crippen LogP contribution in [0.2, 0.25) is 0 Å². The van der Waals surface area contributed by atoms with Gasteiger partial charge in [-0.2, -0.15) is 0 Å². The highest BCUT2D eigenvalue weighted by molar-refractivity contribution is 5.59. The van der Waals surface area contributed by atoms with Gasteiger partial charge in [0, 0.05) is 37.8 Å². The van der Waals surface area contributed by atoms with E-state index in [-0.39, 0.29) is 0 Å². The van der Waals surface area contributed by atoms with Gasteiger partial charge in [0.1, 0.15) is 17.5 Å². The molecule has 128 valence electrons. The number of hydrogen-bond donors (Lipinski definition) is 0. The molecule has 0 N–H and O–H groups in total. The molecular weight excluding hydrogens is 326 g/mol. The van der Waals surface area contributed by atoms with Crippen molar-refractivity contribution < 1.29 is 13.2 Å². The Kier molecular flexibility index (Phi) is 4.05. The fourth-order valence-electron chi connectivity index (χ4n) is 2.97. The van der Waals surface area contributed by atoms with Crippen LogP contribution in [0.3, 0.4) is 0 Å². The van der Waals surface area contributed by atoms with Crippen molar-refractivity contribution in [3.05, 3.63) is 60.8 Å². The lowest BCUT2D eigenvalue weighted by molar-refractivity contribution is 0.568. The Morgan fingerprint density at radius 1 is 0.960 bits per heavy atom. The highest BCUT2D eigenvalue weighted by Gasteiger charge is 2.21. The molecule has 1 saturated heterocycles. The van der Waals surface area contributed by atoms with E-state index in [0.29, 0.717) is 31.9 Å².